The second kappa shape index (κ2) is 6.83. The van der Waals surface area contributed by atoms with Gasteiger partial charge in [0, 0.05) is 32.5 Å². The Labute approximate surface area is 149 Å². The predicted octanol–water partition coefficient (Wildman–Crippen LogP) is 3.61. The smallest absolute Gasteiger partial charge is 0.270 e. The van der Waals surface area contributed by atoms with Crippen LogP contribution in [0.5, 0.6) is 0 Å². The van der Waals surface area contributed by atoms with Gasteiger partial charge in [0.05, 0.1) is 5.69 Å². The fourth-order valence-electron chi connectivity index (χ4n) is 2.53. The predicted molar refractivity (Wildman–Crippen MR) is 99.4 cm³/mol. The summed E-state index contributed by atoms with van der Waals surface area (Å²) in [6.07, 6.45) is 2.45. The molecule has 2 aromatic heterocycles. The van der Waals surface area contributed by atoms with Gasteiger partial charge in [0.15, 0.2) is 4.96 Å². The third-order valence-electron chi connectivity index (χ3n) is 3.83. The number of hydrogen-bond donors (Lipinski definition) is 1. The monoisotopic (exact) mass is 362 g/mol. The molecule has 3 rings (SSSR count). The maximum atomic E-state index is 12.6. The zero-order valence-corrected chi connectivity index (χ0v) is 15.4. The van der Waals surface area contributed by atoms with Crippen molar-refractivity contribution < 1.29 is 4.79 Å². The lowest BCUT2D eigenvalue weighted by molar-refractivity contribution is 0.0944. The summed E-state index contributed by atoms with van der Waals surface area (Å²) in [6.45, 7) is 2.46. The highest BCUT2D eigenvalue weighted by Gasteiger charge is 2.19. The van der Waals surface area contributed by atoms with Crippen LogP contribution in [-0.4, -0.2) is 29.4 Å². The Balaban J connectivity index is 1.77. The van der Waals surface area contributed by atoms with Crippen molar-refractivity contribution in [1.29, 1.82) is 0 Å². The summed E-state index contributed by atoms with van der Waals surface area (Å²) in [6, 6.07) is 8.11. The molecule has 5 nitrogen and oxygen atoms in total. The largest absolute Gasteiger partial charge is 0.378 e. The number of carbonyl (C=O) groups excluding carboxylic acids is 1. The van der Waals surface area contributed by atoms with Crippen molar-refractivity contribution in [3.63, 3.8) is 0 Å². The van der Waals surface area contributed by atoms with Crippen LogP contribution < -0.4 is 10.2 Å². The molecule has 3 aromatic rings. The Morgan fingerprint density at radius 3 is 2.67 bits per heavy atom. The maximum absolute atomic E-state index is 12.6. The van der Waals surface area contributed by atoms with Gasteiger partial charge in [-0.3, -0.25) is 9.20 Å². The van der Waals surface area contributed by atoms with Crippen LogP contribution in [-0.2, 0) is 13.0 Å². The SMILES string of the molecule is CCc1nc2sc(Cl)cn2c1C(=O)NCc1ccc(N(C)C)cc1. The Hall–Kier alpha value is -2.05. The lowest BCUT2D eigenvalue weighted by atomic mass is 10.2. The van der Waals surface area contributed by atoms with Crippen molar-refractivity contribution in [2.24, 2.45) is 0 Å². The van der Waals surface area contributed by atoms with Crippen LogP contribution in [0.25, 0.3) is 4.96 Å². The summed E-state index contributed by atoms with van der Waals surface area (Å²) in [5.41, 5.74) is 3.54. The molecule has 1 aromatic carbocycles. The quantitative estimate of drug-likeness (QED) is 0.754. The summed E-state index contributed by atoms with van der Waals surface area (Å²) in [5, 5.41) is 2.97. The molecule has 0 aliphatic heterocycles. The van der Waals surface area contributed by atoms with Crippen molar-refractivity contribution in [2.45, 2.75) is 19.9 Å². The summed E-state index contributed by atoms with van der Waals surface area (Å²) in [5.74, 6) is -0.134. The zero-order chi connectivity index (χ0) is 17.3. The molecule has 1 amide bonds. The average Bonchev–Trinajstić information content (AvgIpc) is 3.08. The number of halogens is 1. The molecule has 0 saturated carbocycles. The number of rotatable bonds is 5. The normalized spacial score (nSPS) is 11.0. The van der Waals surface area contributed by atoms with Crippen molar-refractivity contribution in [3.05, 3.63) is 51.7 Å². The third kappa shape index (κ3) is 3.25. The number of imidazole rings is 1. The highest BCUT2D eigenvalue weighted by Crippen LogP contribution is 2.25. The van der Waals surface area contributed by atoms with E-state index in [9.17, 15) is 4.79 Å². The molecule has 0 fully saturated rings. The van der Waals surface area contributed by atoms with Gasteiger partial charge in [0.2, 0.25) is 0 Å². The number of nitrogens with one attached hydrogen (secondary N) is 1. The van der Waals surface area contributed by atoms with E-state index in [1.165, 1.54) is 11.3 Å². The zero-order valence-electron chi connectivity index (χ0n) is 13.8. The van der Waals surface area contributed by atoms with Gasteiger partial charge in [-0.05, 0) is 24.1 Å². The fraction of sp³-hybridized carbons (Fsp3) is 0.294. The van der Waals surface area contributed by atoms with Gasteiger partial charge in [0.25, 0.3) is 5.91 Å². The molecule has 0 atom stereocenters. The van der Waals surface area contributed by atoms with Gasteiger partial charge in [-0.2, -0.15) is 0 Å². The molecule has 0 bridgehead atoms. The van der Waals surface area contributed by atoms with Crippen LogP contribution in [0.2, 0.25) is 4.34 Å². The standard InChI is InChI=1S/C17H19ClN4OS/c1-4-13-15(22-10-14(18)24-17(22)20-13)16(23)19-9-11-5-7-12(8-6-11)21(2)3/h5-8,10H,4,9H2,1-3H3,(H,19,23). The Morgan fingerprint density at radius 2 is 2.04 bits per heavy atom. The van der Waals surface area contributed by atoms with E-state index in [0.29, 0.717) is 23.0 Å². The Kier molecular flexibility index (Phi) is 4.78. The minimum Gasteiger partial charge on any atom is -0.378 e. The molecule has 0 aliphatic carbocycles. The number of amides is 1. The number of aryl methyl sites for hydroxylation is 1. The minimum atomic E-state index is -0.134. The van der Waals surface area contributed by atoms with Crippen molar-refractivity contribution in [3.8, 4) is 0 Å². The van der Waals surface area contributed by atoms with Crippen molar-refractivity contribution >= 4 is 39.5 Å². The van der Waals surface area contributed by atoms with E-state index in [0.717, 1.165) is 21.9 Å². The summed E-state index contributed by atoms with van der Waals surface area (Å²) in [4.78, 5) is 19.9. The molecule has 1 N–H and O–H groups in total. The van der Waals surface area contributed by atoms with E-state index in [2.05, 4.69) is 10.3 Å². The average molecular weight is 363 g/mol. The second-order valence-corrected chi connectivity index (χ2v) is 7.33. The first-order valence-electron chi connectivity index (χ1n) is 7.70. The number of anilines is 1. The van der Waals surface area contributed by atoms with Gasteiger partial charge < -0.3 is 10.2 Å². The maximum Gasteiger partial charge on any atom is 0.270 e. The van der Waals surface area contributed by atoms with Crippen molar-refractivity contribution in [1.82, 2.24) is 14.7 Å². The fourth-order valence-corrected chi connectivity index (χ4v) is 3.56. The molecule has 0 spiro atoms. The number of fused-ring (bicyclic) bond motifs is 1. The van der Waals surface area contributed by atoms with Crippen molar-refractivity contribution in [2.75, 3.05) is 19.0 Å². The molecule has 0 radical (unpaired) electrons. The highest BCUT2D eigenvalue weighted by atomic mass is 35.5. The summed E-state index contributed by atoms with van der Waals surface area (Å²) >= 11 is 7.40. The number of thiazole rings is 1. The number of benzene rings is 1. The first kappa shape index (κ1) is 16.8. The Morgan fingerprint density at radius 1 is 1.33 bits per heavy atom. The molecule has 0 unspecified atom stereocenters. The van der Waals surface area contributed by atoms with Crippen LogP contribution in [0.15, 0.2) is 30.5 Å². The third-order valence-corrected chi connectivity index (χ3v) is 4.93. The van der Waals surface area contributed by atoms with Crippen LogP contribution in [0, 0.1) is 0 Å². The molecule has 0 aliphatic rings. The number of nitrogens with zero attached hydrogens (tertiary/aromatic N) is 3. The second-order valence-electron chi connectivity index (χ2n) is 5.69. The first-order valence-corrected chi connectivity index (χ1v) is 8.89. The molecule has 0 saturated heterocycles. The van der Waals surface area contributed by atoms with E-state index in [1.807, 2.05) is 50.2 Å². The lowest BCUT2D eigenvalue weighted by Gasteiger charge is -2.13. The molecule has 2 heterocycles. The Bertz CT molecular complexity index is 867. The summed E-state index contributed by atoms with van der Waals surface area (Å²) < 4.78 is 2.39. The molecular formula is C17H19ClN4OS. The lowest BCUT2D eigenvalue weighted by Crippen LogP contribution is -2.25. The van der Waals surface area contributed by atoms with Gasteiger partial charge in [0.1, 0.15) is 10.0 Å². The van der Waals surface area contributed by atoms with E-state index < -0.39 is 0 Å². The minimum absolute atomic E-state index is 0.134. The molecule has 24 heavy (non-hydrogen) atoms. The van der Waals surface area contributed by atoms with Crippen LogP contribution in [0.3, 0.4) is 0 Å². The summed E-state index contributed by atoms with van der Waals surface area (Å²) in [7, 11) is 4.00. The van der Waals surface area contributed by atoms with Gasteiger partial charge in [-0.15, -0.1) is 0 Å². The van der Waals surface area contributed by atoms with E-state index in [4.69, 9.17) is 11.6 Å². The topological polar surface area (TPSA) is 49.6 Å². The van der Waals surface area contributed by atoms with E-state index in [1.54, 1.807) is 10.6 Å². The molecule has 126 valence electrons. The van der Waals surface area contributed by atoms with Crippen LogP contribution >= 0.6 is 22.9 Å². The first-order chi connectivity index (χ1) is 11.5. The van der Waals surface area contributed by atoms with E-state index in [-0.39, 0.29) is 5.91 Å². The highest BCUT2D eigenvalue weighted by molar-refractivity contribution is 7.20. The molecular weight excluding hydrogens is 344 g/mol. The van der Waals surface area contributed by atoms with Gasteiger partial charge in [-0.25, -0.2) is 4.98 Å². The van der Waals surface area contributed by atoms with Gasteiger partial charge in [-0.1, -0.05) is 42.0 Å². The number of hydrogen-bond acceptors (Lipinski definition) is 4. The van der Waals surface area contributed by atoms with Crippen LogP contribution in [0.1, 0.15) is 28.7 Å². The number of carbonyl (C=O) groups is 1. The van der Waals surface area contributed by atoms with E-state index >= 15 is 0 Å². The van der Waals surface area contributed by atoms with Crippen LogP contribution in [0.4, 0.5) is 5.69 Å². The number of aromatic nitrogens is 2. The molecule has 7 heteroatoms. The van der Waals surface area contributed by atoms with Gasteiger partial charge >= 0.3 is 0 Å².